The van der Waals surface area contributed by atoms with Crippen LogP contribution in [0.25, 0.3) is 0 Å². The van der Waals surface area contributed by atoms with E-state index < -0.39 is 0 Å². The van der Waals surface area contributed by atoms with Crippen molar-refractivity contribution in [3.8, 4) is 0 Å². The van der Waals surface area contributed by atoms with E-state index in [2.05, 4.69) is 48.5 Å². The molecule has 0 aliphatic heterocycles. The highest BCUT2D eigenvalue weighted by molar-refractivity contribution is 5.04. The fraction of sp³-hybridized carbons (Fsp3) is 1.00. The summed E-state index contributed by atoms with van der Waals surface area (Å²) >= 11 is 0. The molecule has 1 fully saturated rings. The van der Waals surface area contributed by atoms with Crippen LogP contribution in [-0.4, -0.2) is 0 Å². The second kappa shape index (κ2) is 3.29. The molecule has 0 aromatic rings. The Labute approximate surface area is 84.1 Å². The Morgan fingerprint density at radius 2 is 1.46 bits per heavy atom. The summed E-state index contributed by atoms with van der Waals surface area (Å²) in [6, 6.07) is 0. The molecule has 4 unspecified atom stereocenters. The quantitative estimate of drug-likeness (QED) is 0.600. The van der Waals surface area contributed by atoms with Gasteiger partial charge in [-0.2, -0.15) is 0 Å². The number of hydrogen-bond donors (Lipinski definition) is 0. The van der Waals surface area contributed by atoms with Gasteiger partial charge in [0, 0.05) is 0 Å². The van der Waals surface area contributed by atoms with Gasteiger partial charge in [0.25, 0.3) is 0 Å². The summed E-state index contributed by atoms with van der Waals surface area (Å²) in [7, 11) is 0. The zero-order valence-corrected chi connectivity index (χ0v) is 10.4. The van der Waals surface area contributed by atoms with E-state index in [9.17, 15) is 0 Å². The van der Waals surface area contributed by atoms with Crippen LogP contribution in [0, 0.1) is 35.0 Å². The normalized spacial score (nSPS) is 45.5. The van der Waals surface area contributed by atoms with E-state index in [1.54, 1.807) is 0 Å². The Morgan fingerprint density at radius 1 is 1.00 bits per heavy atom. The van der Waals surface area contributed by atoms with Crippen molar-refractivity contribution in [2.24, 2.45) is 35.0 Å². The molecule has 1 aliphatic carbocycles. The van der Waals surface area contributed by atoms with Crippen LogP contribution in [0.5, 0.6) is 0 Å². The maximum Gasteiger partial charge on any atom is -0.0241 e. The fourth-order valence-electron chi connectivity index (χ4n) is 3.86. The lowest BCUT2D eigenvalue weighted by molar-refractivity contribution is -0.146. The molecule has 0 aromatic carbocycles. The van der Waals surface area contributed by atoms with Crippen molar-refractivity contribution >= 4 is 0 Å². The van der Waals surface area contributed by atoms with Crippen LogP contribution in [0.1, 0.15) is 48.5 Å². The highest BCUT2D eigenvalue weighted by Gasteiger charge is 2.56. The van der Waals surface area contributed by atoms with E-state index in [1.165, 1.54) is 0 Å². The Balaban J connectivity index is 2.84. The first-order valence-electron chi connectivity index (χ1n) is 5.83. The van der Waals surface area contributed by atoms with Crippen LogP contribution in [0.15, 0.2) is 0 Å². The first kappa shape index (κ1) is 11.1. The number of rotatable bonds is 2. The molecular weight excluding hydrogens is 156 g/mol. The second-order valence-corrected chi connectivity index (χ2v) is 5.94. The zero-order valence-electron chi connectivity index (χ0n) is 10.4. The van der Waals surface area contributed by atoms with Crippen molar-refractivity contribution < 1.29 is 0 Å². The van der Waals surface area contributed by atoms with Crippen LogP contribution >= 0.6 is 0 Å². The first-order chi connectivity index (χ1) is 5.83. The second-order valence-electron chi connectivity index (χ2n) is 5.94. The lowest BCUT2D eigenvalue weighted by Crippen LogP contribution is -2.57. The molecule has 0 radical (unpaired) electrons. The lowest BCUT2D eigenvalue weighted by Gasteiger charge is -2.62. The first-order valence-corrected chi connectivity index (χ1v) is 5.83. The standard InChI is InChI=1S/C13H26/c1-8(2)12-10(5)11(6)13(12,7)9(3)4/h8-12H,1-7H3. The van der Waals surface area contributed by atoms with E-state index in [-0.39, 0.29) is 0 Å². The Morgan fingerprint density at radius 3 is 1.69 bits per heavy atom. The van der Waals surface area contributed by atoms with Crippen molar-refractivity contribution in [1.82, 2.24) is 0 Å². The van der Waals surface area contributed by atoms with Crippen LogP contribution in [0.3, 0.4) is 0 Å². The molecule has 1 aliphatic rings. The maximum atomic E-state index is 2.49. The van der Waals surface area contributed by atoms with E-state index in [0.29, 0.717) is 5.41 Å². The minimum atomic E-state index is 0.591. The van der Waals surface area contributed by atoms with Crippen LogP contribution in [-0.2, 0) is 0 Å². The summed E-state index contributed by atoms with van der Waals surface area (Å²) in [5, 5.41) is 0. The molecule has 0 heteroatoms. The summed E-state index contributed by atoms with van der Waals surface area (Å²) in [6.45, 7) is 16.9. The van der Waals surface area contributed by atoms with E-state index in [4.69, 9.17) is 0 Å². The molecule has 78 valence electrons. The predicted octanol–water partition coefficient (Wildman–Crippen LogP) is 4.21. The smallest absolute Gasteiger partial charge is 0.0241 e. The molecule has 1 saturated carbocycles. The summed E-state index contributed by atoms with van der Waals surface area (Å²) in [5.41, 5.74) is 0.591. The van der Waals surface area contributed by atoms with Crippen LogP contribution < -0.4 is 0 Å². The molecule has 0 heterocycles. The molecule has 0 saturated heterocycles. The maximum absolute atomic E-state index is 2.49. The minimum Gasteiger partial charge on any atom is -0.0625 e. The Kier molecular flexibility index (Phi) is 2.81. The third-order valence-electron chi connectivity index (χ3n) is 5.02. The minimum absolute atomic E-state index is 0.591. The van der Waals surface area contributed by atoms with Gasteiger partial charge >= 0.3 is 0 Å². The largest absolute Gasteiger partial charge is 0.0625 e. The fourth-order valence-corrected chi connectivity index (χ4v) is 3.86. The topological polar surface area (TPSA) is 0 Å². The molecule has 0 nitrogen and oxygen atoms in total. The van der Waals surface area contributed by atoms with Crippen molar-refractivity contribution in [3.05, 3.63) is 0 Å². The van der Waals surface area contributed by atoms with Gasteiger partial charge in [-0.1, -0.05) is 48.5 Å². The average Bonchev–Trinajstić information content (AvgIpc) is 2.02. The molecule has 0 bridgehead atoms. The third kappa shape index (κ3) is 1.33. The predicted molar refractivity (Wildman–Crippen MR) is 59.6 cm³/mol. The third-order valence-corrected chi connectivity index (χ3v) is 5.02. The van der Waals surface area contributed by atoms with Gasteiger partial charge in [-0.05, 0) is 35.0 Å². The molecule has 13 heavy (non-hydrogen) atoms. The molecular formula is C13H26. The SMILES string of the molecule is CC(C)C1C(C)C(C)C1(C)C(C)C. The Bertz CT molecular complexity index is 180. The van der Waals surface area contributed by atoms with Crippen molar-refractivity contribution in [1.29, 1.82) is 0 Å². The highest BCUT2D eigenvalue weighted by atomic mass is 14.6. The summed E-state index contributed by atoms with van der Waals surface area (Å²) in [5.74, 6) is 4.43. The van der Waals surface area contributed by atoms with Gasteiger partial charge in [0.1, 0.15) is 0 Å². The monoisotopic (exact) mass is 182 g/mol. The summed E-state index contributed by atoms with van der Waals surface area (Å²) in [4.78, 5) is 0. The van der Waals surface area contributed by atoms with Crippen molar-refractivity contribution in [2.45, 2.75) is 48.5 Å². The summed E-state index contributed by atoms with van der Waals surface area (Å²) in [6.07, 6.45) is 0. The van der Waals surface area contributed by atoms with Gasteiger partial charge in [0.15, 0.2) is 0 Å². The molecule has 0 aromatic heterocycles. The van der Waals surface area contributed by atoms with Crippen molar-refractivity contribution in [3.63, 3.8) is 0 Å². The van der Waals surface area contributed by atoms with Gasteiger partial charge in [-0.3, -0.25) is 0 Å². The summed E-state index contributed by atoms with van der Waals surface area (Å²) < 4.78 is 0. The van der Waals surface area contributed by atoms with Gasteiger partial charge in [0.2, 0.25) is 0 Å². The van der Waals surface area contributed by atoms with Gasteiger partial charge in [-0.25, -0.2) is 0 Å². The van der Waals surface area contributed by atoms with Gasteiger partial charge in [0.05, 0.1) is 0 Å². The van der Waals surface area contributed by atoms with Crippen molar-refractivity contribution in [2.75, 3.05) is 0 Å². The van der Waals surface area contributed by atoms with E-state index >= 15 is 0 Å². The van der Waals surface area contributed by atoms with E-state index in [1.807, 2.05) is 0 Å². The molecule has 0 amide bonds. The average molecular weight is 182 g/mol. The molecule has 1 rings (SSSR count). The van der Waals surface area contributed by atoms with Crippen LogP contribution in [0.2, 0.25) is 0 Å². The molecule has 4 atom stereocenters. The number of hydrogen-bond acceptors (Lipinski definition) is 0. The highest BCUT2D eigenvalue weighted by Crippen LogP contribution is 2.61. The van der Waals surface area contributed by atoms with Crippen LogP contribution in [0.4, 0.5) is 0 Å². The Hall–Kier alpha value is 0. The zero-order chi connectivity index (χ0) is 10.4. The lowest BCUT2D eigenvalue weighted by atomic mass is 9.42. The molecule has 0 spiro atoms. The van der Waals surface area contributed by atoms with E-state index in [0.717, 1.165) is 29.6 Å². The van der Waals surface area contributed by atoms with Gasteiger partial charge < -0.3 is 0 Å². The van der Waals surface area contributed by atoms with Gasteiger partial charge in [-0.15, -0.1) is 0 Å². The molecule has 0 N–H and O–H groups in total.